The SMILES string of the molecule is CCN1CCN(Cn2nc(-c3ccccc3OC)n(-c3ccc(C)cc3)c2=S)CC1. The highest BCUT2D eigenvalue weighted by Gasteiger charge is 2.21. The second-order valence-corrected chi connectivity index (χ2v) is 8.04. The summed E-state index contributed by atoms with van der Waals surface area (Å²) in [6, 6.07) is 16.4. The van der Waals surface area contributed by atoms with Crippen LogP contribution >= 0.6 is 12.2 Å². The van der Waals surface area contributed by atoms with Crippen molar-refractivity contribution in [2.75, 3.05) is 39.8 Å². The lowest BCUT2D eigenvalue weighted by molar-refractivity contribution is 0.106. The van der Waals surface area contributed by atoms with Crippen molar-refractivity contribution in [1.29, 1.82) is 0 Å². The van der Waals surface area contributed by atoms with E-state index in [-0.39, 0.29) is 0 Å². The second kappa shape index (κ2) is 9.12. The van der Waals surface area contributed by atoms with Gasteiger partial charge in [-0.25, -0.2) is 4.68 Å². The van der Waals surface area contributed by atoms with Crippen LogP contribution in [0, 0.1) is 11.7 Å². The van der Waals surface area contributed by atoms with Crippen molar-refractivity contribution in [3.05, 3.63) is 58.9 Å². The molecule has 0 aliphatic carbocycles. The fourth-order valence-electron chi connectivity index (χ4n) is 3.87. The number of hydrogen-bond acceptors (Lipinski definition) is 5. The molecule has 2 heterocycles. The zero-order valence-corrected chi connectivity index (χ0v) is 18.7. The van der Waals surface area contributed by atoms with Crippen molar-refractivity contribution in [2.45, 2.75) is 20.5 Å². The molecule has 0 bridgehead atoms. The molecule has 1 aromatic heterocycles. The number of rotatable bonds is 6. The molecular weight excluding hydrogens is 394 g/mol. The van der Waals surface area contributed by atoms with Crippen LogP contribution in [0.2, 0.25) is 0 Å². The Bertz CT molecular complexity index is 1050. The average Bonchev–Trinajstić information content (AvgIpc) is 3.10. The highest BCUT2D eigenvalue weighted by atomic mass is 32.1. The summed E-state index contributed by atoms with van der Waals surface area (Å²) in [4.78, 5) is 4.89. The lowest BCUT2D eigenvalue weighted by Crippen LogP contribution is -2.46. The number of aromatic nitrogens is 3. The first-order chi connectivity index (χ1) is 14.6. The number of aryl methyl sites for hydroxylation is 1. The average molecular weight is 424 g/mol. The van der Waals surface area contributed by atoms with E-state index in [2.05, 4.69) is 52.5 Å². The molecule has 0 atom stereocenters. The highest BCUT2D eigenvalue weighted by Crippen LogP contribution is 2.30. The third-order valence-corrected chi connectivity index (χ3v) is 6.12. The van der Waals surface area contributed by atoms with Gasteiger partial charge >= 0.3 is 0 Å². The molecule has 1 fully saturated rings. The van der Waals surface area contributed by atoms with E-state index in [9.17, 15) is 0 Å². The number of hydrogen-bond donors (Lipinski definition) is 0. The number of nitrogens with zero attached hydrogens (tertiary/aromatic N) is 5. The van der Waals surface area contributed by atoms with Gasteiger partial charge in [0.05, 0.1) is 19.3 Å². The van der Waals surface area contributed by atoms with E-state index >= 15 is 0 Å². The van der Waals surface area contributed by atoms with E-state index in [0.29, 0.717) is 11.4 Å². The molecule has 6 nitrogen and oxygen atoms in total. The zero-order valence-electron chi connectivity index (χ0n) is 17.9. The summed E-state index contributed by atoms with van der Waals surface area (Å²) in [5.74, 6) is 1.59. The summed E-state index contributed by atoms with van der Waals surface area (Å²) in [5, 5.41) is 4.96. The van der Waals surface area contributed by atoms with Crippen LogP contribution in [0.5, 0.6) is 5.75 Å². The van der Waals surface area contributed by atoms with Crippen LogP contribution in [-0.4, -0.2) is 64.0 Å². The third kappa shape index (κ3) is 4.19. The smallest absolute Gasteiger partial charge is 0.204 e. The first kappa shape index (κ1) is 20.8. The molecular formula is C23H29N5OS. The third-order valence-electron chi connectivity index (χ3n) is 5.73. The molecule has 0 radical (unpaired) electrons. The van der Waals surface area contributed by atoms with Crippen molar-refractivity contribution in [3.8, 4) is 22.8 Å². The molecule has 0 unspecified atom stereocenters. The molecule has 0 amide bonds. The van der Waals surface area contributed by atoms with Crippen LogP contribution in [0.4, 0.5) is 0 Å². The van der Waals surface area contributed by atoms with Crippen molar-refractivity contribution in [2.24, 2.45) is 0 Å². The Kier molecular flexibility index (Phi) is 6.32. The summed E-state index contributed by atoms with van der Waals surface area (Å²) in [6.07, 6.45) is 0. The first-order valence-electron chi connectivity index (χ1n) is 10.5. The van der Waals surface area contributed by atoms with Gasteiger partial charge < -0.3 is 9.64 Å². The number of para-hydroxylation sites is 1. The fraction of sp³-hybridized carbons (Fsp3) is 0.391. The molecule has 0 saturated carbocycles. The zero-order chi connectivity index (χ0) is 21.1. The molecule has 1 saturated heterocycles. The predicted molar refractivity (Wildman–Crippen MR) is 123 cm³/mol. The Hall–Kier alpha value is -2.48. The second-order valence-electron chi connectivity index (χ2n) is 7.67. The molecule has 4 rings (SSSR count). The van der Waals surface area contributed by atoms with Crippen LogP contribution in [0.25, 0.3) is 17.1 Å². The van der Waals surface area contributed by atoms with Crippen LogP contribution in [0.15, 0.2) is 48.5 Å². The Morgan fingerprint density at radius 3 is 2.30 bits per heavy atom. The summed E-state index contributed by atoms with van der Waals surface area (Å²) in [5.41, 5.74) is 3.15. The molecule has 158 valence electrons. The van der Waals surface area contributed by atoms with Gasteiger partial charge in [0, 0.05) is 31.9 Å². The lowest BCUT2D eigenvalue weighted by atomic mass is 10.1. The largest absolute Gasteiger partial charge is 0.496 e. The molecule has 30 heavy (non-hydrogen) atoms. The van der Waals surface area contributed by atoms with Gasteiger partial charge in [0.15, 0.2) is 5.82 Å². The number of ether oxygens (including phenoxy) is 1. The van der Waals surface area contributed by atoms with Crippen molar-refractivity contribution >= 4 is 12.2 Å². The maximum atomic E-state index is 5.91. The number of piperazine rings is 1. The summed E-state index contributed by atoms with van der Waals surface area (Å²) < 4.78 is 10.3. The van der Waals surface area contributed by atoms with Gasteiger partial charge in [-0.2, -0.15) is 0 Å². The minimum absolute atomic E-state index is 0.692. The minimum atomic E-state index is 0.692. The molecule has 0 spiro atoms. The van der Waals surface area contributed by atoms with Gasteiger partial charge in [-0.3, -0.25) is 9.47 Å². The Balaban J connectivity index is 1.76. The van der Waals surface area contributed by atoms with Crippen LogP contribution in [0.1, 0.15) is 12.5 Å². The van der Waals surface area contributed by atoms with E-state index < -0.39 is 0 Å². The number of likely N-dealkylation sites (N-methyl/N-ethyl adjacent to an activating group) is 1. The van der Waals surface area contributed by atoms with Crippen molar-refractivity contribution in [1.82, 2.24) is 24.1 Å². The Morgan fingerprint density at radius 1 is 0.967 bits per heavy atom. The van der Waals surface area contributed by atoms with E-state index in [1.165, 1.54) is 5.56 Å². The molecule has 0 N–H and O–H groups in total. The molecule has 7 heteroatoms. The standard InChI is InChI=1S/C23H29N5OS/c1-4-25-13-15-26(16-14-25)17-27-23(30)28(19-11-9-18(2)10-12-19)22(24-27)20-7-5-6-8-21(20)29-3/h5-12H,4,13-17H2,1-3H3. The Morgan fingerprint density at radius 2 is 1.63 bits per heavy atom. The van der Waals surface area contributed by atoms with Crippen LogP contribution in [0.3, 0.4) is 0 Å². The molecule has 1 aliphatic rings. The highest BCUT2D eigenvalue weighted by molar-refractivity contribution is 7.71. The first-order valence-corrected chi connectivity index (χ1v) is 10.9. The van der Waals surface area contributed by atoms with E-state index in [0.717, 1.165) is 55.5 Å². The van der Waals surface area contributed by atoms with E-state index in [1.54, 1.807) is 7.11 Å². The molecule has 3 aromatic rings. The minimum Gasteiger partial charge on any atom is -0.496 e. The van der Waals surface area contributed by atoms with Crippen molar-refractivity contribution in [3.63, 3.8) is 0 Å². The fourth-order valence-corrected chi connectivity index (χ4v) is 4.16. The normalized spacial score (nSPS) is 15.4. The predicted octanol–water partition coefficient (Wildman–Crippen LogP) is 3.98. The lowest BCUT2D eigenvalue weighted by Gasteiger charge is -2.33. The van der Waals surface area contributed by atoms with Crippen LogP contribution in [-0.2, 0) is 6.67 Å². The number of benzene rings is 2. The van der Waals surface area contributed by atoms with Gasteiger partial charge in [-0.05, 0) is 50.0 Å². The van der Waals surface area contributed by atoms with Gasteiger partial charge in [-0.1, -0.05) is 36.8 Å². The summed E-state index contributed by atoms with van der Waals surface area (Å²) in [6.45, 7) is 10.3. The maximum absolute atomic E-state index is 5.91. The maximum Gasteiger partial charge on any atom is 0.204 e. The topological polar surface area (TPSA) is 38.5 Å². The number of methoxy groups -OCH3 is 1. The molecule has 2 aromatic carbocycles. The van der Waals surface area contributed by atoms with E-state index in [1.807, 2.05) is 28.9 Å². The summed E-state index contributed by atoms with van der Waals surface area (Å²) >= 11 is 5.91. The van der Waals surface area contributed by atoms with Gasteiger partial charge in [0.1, 0.15) is 5.75 Å². The van der Waals surface area contributed by atoms with Gasteiger partial charge in [0.2, 0.25) is 4.77 Å². The quantitative estimate of drug-likeness (QED) is 0.561. The monoisotopic (exact) mass is 423 g/mol. The van der Waals surface area contributed by atoms with Gasteiger partial charge in [0.25, 0.3) is 0 Å². The van der Waals surface area contributed by atoms with Crippen molar-refractivity contribution < 1.29 is 4.74 Å². The Labute approximate surface area is 183 Å². The summed E-state index contributed by atoms with van der Waals surface area (Å²) in [7, 11) is 1.69. The van der Waals surface area contributed by atoms with E-state index in [4.69, 9.17) is 22.1 Å². The van der Waals surface area contributed by atoms with Gasteiger partial charge in [-0.15, -0.1) is 5.10 Å². The van der Waals surface area contributed by atoms with Crippen LogP contribution < -0.4 is 4.74 Å². The molecule has 1 aliphatic heterocycles.